The zero-order valence-electron chi connectivity index (χ0n) is 20.9. The molecular weight excluding hydrogens is 499 g/mol. The van der Waals surface area contributed by atoms with Gasteiger partial charge in [-0.2, -0.15) is 23.8 Å². The molecule has 2 aliphatic rings. The second-order valence-corrected chi connectivity index (χ2v) is 9.84. The number of hydroxylamine groups is 1. The predicted molar refractivity (Wildman–Crippen MR) is 133 cm³/mol. The van der Waals surface area contributed by atoms with Crippen LogP contribution in [0.25, 0.3) is 0 Å². The van der Waals surface area contributed by atoms with Gasteiger partial charge in [0, 0.05) is 30.4 Å². The number of benzene rings is 1. The molecule has 1 aromatic carbocycles. The van der Waals surface area contributed by atoms with E-state index in [-0.39, 0.29) is 23.0 Å². The Balaban J connectivity index is 1.33. The van der Waals surface area contributed by atoms with Crippen molar-refractivity contribution in [3.05, 3.63) is 72.2 Å². The fourth-order valence-corrected chi connectivity index (χ4v) is 4.97. The molecule has 2 unspecified atom stereocenters. The molecule has 0 radical (unpaired) electrons. The van der Waals surface area contributed by atoms with Crippen LogP contribution in [0.2, 0.25) is 0 Å². The number of nitrogens with one attached hydrogen (secondary N) is 2. The number of amides is 1. The third-order valence-electron chi connectivity index (χ3n) is 7.00. The molecule has 2 aliphatic carbocycles. The molecule has 11 heteroatoms. The molecule has 0 aliphatic heterocycles. The molecule has 1 amide bonds. The summed E-state index contributed by atoms with van der Waals surface area (Å²) in [4.78, 5) is 23.3. The minimum absolute atomic E-state index is 0.0518. The van der Waals surface area contributed by atoms with Crippen LogP contribution in [0.1, 0.15) is 42.9 Å². The first-order valence-corrected chi connectivity index (χ1v) is 12.7. The second kappa shape index (κ2) is 11.1. The van der Waals surface area contributed by atoms with Crippen molar-refractivity contribution in [1.29, 1.82) is 0 Å². The maximum Gasteiger partial charge on any atom is 0.415 e. The molecule has 202 valence electrons. The highest BCUT2D eigenvalue weighted by atomic mass is 19.4. The number of pyridine rings is 1. The number of hydrogen-bond donors (Lipinski definition) is 2. The Morgan fingerprint density at radius 3 is 2.45 bits per heavy atom. The zero-order valence-corrected chi connectivity index (χ0v) is 20.9. The van der Waals surface area contributed by atoms with Gasteiger partial charge < -0.3 is 10.1 Å². The Kier molecular flexibility index (Phi) is 7.66. The maximum absolute atomic E-state index is 14.1. The number of halogens is 3. The first-order chi connectivity index (χ1) is 18.3. The van der Waals surface area contributed by atoms with Gasteiger partial charge in [-0.25, -0.2) is 4.98 Å². The van der Waals surface area contributed by atoms with Crippen LogP contribution >= 0.6 is 0 Å². The van der Waals surface area contributed by atoms with Gasteiger partial charge in [-0.1, -0.05) is 30.3 Å². The highest BCUT2D eigenvalue weighted by Gasteiger charge is 2.49. The lowest BCUT2D eigenvalue weighted by Crippen LogP contribution is -2.42. The molecule has 38 heavy (non-hydrogen) atoms. The van der Waals surface area contributed by atoms with Gasteiger partial charge in [-0.15, -0.1) is 0 Å². The summed E-state index contributed by atoms with van der Waals surface area (Å²) in [6, 6.07) is 10.2. The average Bonchev–Trinajstić information content (AvgIpc) is 3.84. The number of alkyl halides is 3. The second-order valence-electron chi connectivity index (χ2n) is 9.84. The highest BCUT2D eigenvalue weighted by molar-refractivity contribution is 5.94. The number of carbonyl (C=O) groups is 1. The van der Waals surface area contributed by atoms with Crippen molar-refractivity contribution in [2.75, 3.05) is 12.4 Å². The Hall–Kier alpha value is -3.44. The normalized spacial score (nSPS) is 17.3. The number of ether oxygens (including phenoxy) is 1. The van der Waals surface area contributed by atoms with E-state index in [0.717, 1.165) is 35.9 Å². The van der Waals surface area contributed by atoms with Gasteiger partial charge in [0.25, 0.3) is 5.91 Å². The smallest absolute Gasteiger partial charge is 0.415 e. The van der Waals surface area contributed by atoms with E-state index in [1.165, 1.54) is 37.8 Å². The summed E-state index contributed by atoms with van der Waals surface area (Å²) in [6.07, 6.45) is 2.45. The van der Waals surface area contributed by atoms with Gasteiger partial charge in [-0.05, 0) is 55.2 Å². The van der Waals surface area contributed by atoms with E-state index in [1.807, 2.05) is 30.3 Å². The van der Waals surface area contributed by atoms with Crippen molar-refractivity contribution >= 4 is 11.6 Å². The molecule has 2 N–H and O–H groups in total. The Bertz CT molecular complexity index is 1220. The maximum atomic E-state index is 14.1. The Morgan fingerprint density at radius 2 is 1.82 bits per heavy atom. The van der Waals surface area contributed by atoms with Crippen molar-refractivity contribution in [2.24, 2.45) is 17.8 Å². The monoisotopic (exact) mass is 529 g/mol. The fourth-order valence-electron chi connectivity index (χ4n) is 4.97. The van der Waals surface area contributed by atoms with Crippen LogP contribution in [-0.2, 0) is 16.2 Å². The topological polar surface area (TPSA) is 90.3 Å². The molecule has 0 spiro atoms. The standard InChI is InChI=1S/C27H30F3N5O3/c1-37-26-21(8-5-13-31-26)24(27(28,29)30)35-16-20(15-32-35)34-25(36)23(22(18-9-10-18)19-11-12-19)38-33-14-17-6-3-2-4-7-17/h2-8,13,15-16,18-19,22-24,33H,9-12,14H2,1H3,(H,34,36). The van der Waals surface area contributed by atoms with E-state index < -0.39 is 24.2 Å². The number of carbonyl (C=O) groups excluding carboxylic acids is 1. The van der Waals surface area contributed by atoms with E-state index >= 15 is 0 Å². The molecule has 2 aromatic heterocycles. The lowest BCUT2D eigenvalue weighted by molar-refractivity contribution is -0.159. The minimum atomic E-state index is -4.68. The largest absolute Gasteiger partial charge is 0.481 e. The summed E-state index contributed by atoms with van der Waals surface area (Å²) >= 11 is 0. The number of nitrogens with zero attached hydrogens (tertiary/aromatic N) is 3. The molecule has 0 saturated heterocycles. The lowest BCUT2D eigenvalue weighted by atomic mass is 9.91. The van der Waals surface area contributed by atoms with Gasteiger partial charge in [-0.3, -0.25) is 14.3 Å². The van der Waals surface area contributed by atoms with Crippen molar-refractivity contribution in [3.63, 3.8) is 0 Å². The highest BCUT2D eigenvalue weighted by Crippen LogP contribution is 2.51. The number of methoxy groups -OCH3 is 1. The van der Waals surface area contributed by atoms with Gasteiger partial charge >= 0.3 is 6.18 Å². The van der Waals surface area contributed by atoms with Crippen molar-refractivity contribution in [1.82, 2.24) is 20.2 Å². The summed E-state index contributed by atoms with van der Waals surface area (Å²) < 4.78 is 48.2. The van der Waals surface area contributed by atoms with Crippen LogP contribution in [-0.4, -0.2) is 40.1 Å². The summed E-state index contributed by atoms with van der Waals surface area (Å²) in [7, 11) is 1.26. The molecule has 5 rings (SSSR count). The van der Waals surface area contributed by atoms with Gasteiger partial charge in [0.15, 0.2) is 12.1 Å². The molecule has 2 heterocycles. The van der Waals surface area contributed by atoms with Gasteiger partial charge in [0.2, 0.25) is 5.88 Å². The Morgan fingerprint density at radius 1 is 1.11 bits per heavy atom. The van der Waals surface area contributed by atoms with Crippen molar-refractivity contribution in [3.8, 4) is 5.88 Å². The summed E-state index contributed by atoms with van der Waals surface area (Å²) in [5, 5.41) is 6.67. The van der Waals surface area contributed by atoms with Crippen LogP contribution in [0.5, 0.6) is 5.88 Å². The zero-order chi connectivity index (χ0) is 26.7. The molecule has 0 bridgehead atoms. The molecule has 3 aromatic rings. The summed E-state index contributed by atoms with van der Waals surface area (Å²) in [5.41, 5.74) is 3.91. The molecular formula is C27H30F3N5O3. The summed E-state index contributed by atoms with van der Waals surface area (Å²) in [5.74, 6) is 0.317. The fraction of sp³-hybridized carbons (Fsp3) is 0.444. The molecule has 2 saturated carbocycles. The van der Waals surface area contributed by atoms with Crippen LogP contribution in [0.3, 0.4) is 0 Å². The first-order valence-electron chi connectivity index (χ1n) is 12.7. The molecule has 8 nitrogen and oxygen atoms in total. The van der Waals surface area contributed by atoms with Crippen molar-refractivity contribution in [2.45, 2.75) is 50.6 Å². The van der Waals surface area contributed by atoms with Crippen LogP contribution in [0.15, 0.2) is 61.1 Å². The predicted octanol–water partition coefficient (Wildman–Crippen LogP) is 4.90. The Labute approximate surface area is 218 Å². The van der Waals surface area contributed by atoms with E-state index in [9.17, 15) is 18.0 Å². The van der Waals surface area contributed by atoms with E-state index in [4.69, 9.17) is 9.57 Å². The number of aromatic nitrogens is 3. The third kappa shape index (κ3) is 6.16. The number of anilines is 1. The number of hydrogen-bond acceptors (Lipinski definition) is 6. The number of rotatable bonds is 12. The third-order valence-corrected chi connectivity index (χ3v) is 7.00. The quantitative estimate of drug-likeness (QED) is 0.325. The molecule has 2 fully saturated rings. The average molecular weight is 530 g/mol. The summed E-state index contributed by atoms with van der Waals surface area (Å²) in [6.45, 7) is 0.421. The van der Waals surface area contributed by atoms with Gasteiger partial charge in [0.05, 0.1) is 19.0 Å². The minimum Gasteiger partial charge on any atom is -0.481 e. The van der Waals surface area contributed by atoms with Crippen LogP contribution in [0, 0.1) is 17.8 Å². The van der Waals surface area contributed by atoms with E-state index in [2.05, 4.69) is 20.9 Å². The molecule has 2 atom stereocenters. The van der Waals surface area contributed by atoms with Crippen molar-refractivity contribution < 1.29 is 27.5 Å². The van der Waals surface area contributed by atoms with Crippen LogP contribution in [0.4, 0.5) is 18.9 Å². The van der Waals surface area contributed by atoms with E-state index in [1.54, 1.807) is 0 Å². The van der Waals surface area contributed by atoms with Gasteiger partial charge in [0.1, 0.15) is 0 Å². The lowest BCUT2D eigenvalue weighted by Gasteiger charge is -2.26. The SMILES string of the molecule is COc1ncccc1C(n1cc(NC(=O)C(ONCc2ccccc2)C(C2CC2)C2CC2)cn1)C(F)(F)F. The first kappa shape index (κ1) is 26.2. The van der Waals surface area contributed by atoms with E-state index in [0.29, 0.717) is 18.4 Å². The van der Waals surface area contributed by atoms with Crippen LogP contribution < -0.4 is 15.5 Å².